The number of hydrogen-bond acceptors (Lipinski definition) is 4. The number of sulfonamides is 1. The minimum absolute atomic E-state index is 0.0264. The third-order valence-electron chi connectivity index (χ3n) is 2.29. The first-order valence-corrected chi connectivity index (χ1v) is 6.51. The number of imidazole rings is 1. The number of hydrogen-bond donors (Lipinski definition) is 3. The van der Waals surface area contributed by atoms with Crippen LogP contribution in [0.2, 0.25) is 0 Å². The summed E-state index contributed by atoms with van der Waals surface area (Å²) in [5, 5.41) is -0.0743. The van der Waals surface area contributed by atoms with Crippen molar-refractivity contribution in [2.24, 2.45) is 5.73 Å². The van der Waals surface area contributed by atoms with E-state index in [0.29, 0.717) is 5.56 Å². The van der Waals surface area contributed by atoms with Crippen LogP contribution < -0.4 is 10.5 Å². The van der Waals surface area contributed by atoms with Gasteiger partial charge >= 0.3 is 0 Å². The van der Waals surface area contributed by atoms with Gasteiger partial charge in [-0.25, -0.2) is 9.37 Å². The van der Waals surface area contributed by atoms with Crippen LogP contribution in [0.25, 0.3) is 0 Å². The molecule has 0 aliphatic heterocycles. The van der Waals surface area contributed by atoms with Gasteiger partial charge in [0.1, 0.15) is 5.82 Å². The van der Waals surface area contributed by atoms with Gasteiger partial charge in [0.15, 0.2) is 5.03 Å². The van der Waals surface area contributed by atoms with Crippen molar-refractivity contribution in [1.29, 1.82) is 0 Å². The maximum atomic E-state index is 13.0. The van der Waals surface area contributed by atoms with Gasteiger partial charge in [0, 0.05) is 6.54 Å². The topological polar surface area (TPSA) is 101 Å². The summed E-state index contributed by atoms with van der Waals surface area (Å²) in [6, 6.07) is 3.67. The van der Waals surface area contributed by atoms with Crippen LogP contribution in [0.15, 0.2) is 35.7 Å². The van der Waals surface area contributed by atoms with Crippen molar-refractivity contribution >= 4 is 15.7 Å². The van der Waals surface area contributed by atoms with Crippen LogP contribution in [0.5, 0.6) is 0 Å². The number of H-pyrrole nitrogens is 1. The van der Waals surface area contributed by atoms with Crippen molar-refractivity contribution in [2.45, 2.75) is 11.6 Å². The second kappa shape index (κ2) is 4.75. The average Bonchev–Trinajstić information content (AvgIpc) is 2.85. The summed E-state index contributed by atoms with van der Waals surface area (Å²) in [6.45, 7) is 0.0264. The number of nitrogens with one attached hydrogen (secondary N) is 2. The van der Waals surface area contributed by atoms with Crippen molar-refractivity contribution in [3.05, 3.63) is 42.1 Å². The first kappa shape index (κ1) is 12.5. The lowest BCUT2D eigenvalue weighted by molar-refractivity contribution is 0.598. The van der Waals surface area contributed by atoms with Crippen LogP contribution in [0.4, 0.5) is 10.1 Å². The summed E-state index contributed by atoms with van der Waals surface area (Å²) in [6.07, 6.45) is 2.43. The standard InChI is InChI=1S/C10H11FN4O2S/c11-8-1-2-9(7(3-8)4-12)15-18(16,17)10-5-13-6-14-10/h1-3,5-6,15H,4,12H2,(H,13,14). The fourth-order valence-electron chi connectivity index (χ4n) is 1.42. The molecule has 0 amide bonds. The van der Waals surface area contributed by atoms with E-state index in [1.54, 1.807) is 0 Å². The fourth-order valence-corrected chi connectivity index (χ4v) is 2.43. The minimum atomic E-state index is -3.76. The molecule has 0 aliphatic carbocycles. The number of aromatic amines is 1. The van der Waals surface area contributed by atoms with Gasteiger partial charge in [-0.2, -0.15) is 8.42 Å². The highest BCUT2D eigenvalue weighted by Crippen LogP contribution is 2.19. The van der Waals surface area contributed by atoms with Gasteiger partial charge in [0.05, 0.1) is 18.2 Å². The normalized spacial score (nSPS) is 11.4. The smallest absolute Gasteiger partial charge is 0.278 e. The van der Waals surface area contributed by atoms with Crippen molar-refractivity contribution in [2.75, 3.05) is 4.72 Å². The molecule has 96 valence electrons. The summed E-state index contributed by atoms with van der Waals surface area (Å²) in [5.74, 6) is -0.472. The average molecular weight is 270 g/mol. The lowest BCUT2D eigenvalue weighted by atomic mass is 10.2. The van der Waals surface area contributed by atoms with Gasteiger partial charge in [-0.1, -0.05) is 0 Å². The third-order valence-corrected chi connectivity index (χ3v) is 3.59. The van der Waals surface area contributed by atoms with Crippen LogP contribution in [-0.2, 0) is 16.6 Å². The Labute approximate surface area is 103 Å². The van der Waals surface area contributed by atoms with E-state index in [2.05, 4.69) is 14.7 Å². The predicted molar refractivity (Wildman–Crippen MR) is 63.7 cm³/mol. The Morgan fingerprint density at radius 1 is 1.44 bits per heavy atom. The summed E-state index contributed by atoms with van der Waals surface area (Å²) < 4.78 is 39.1. The third kappa shape index (κ3) is 2.49. The second-order valence-electron chi connectivity index (χ2n) is 3.53. The fraction of sp³-hybridized carbons (Fsp3) is 0.100. The highest BCUT2D eigenvalue weighted by molar-refractivity contribution is 7.92. The molecular formula is C10H11FN4O2S. The number of rotatable bonds is 4. The number of halogens is 1. The molecule has 0 fully saturated rings. The van der Waals surface area contributed by atoms with Gasteiger partial charge in [0.2, 0.25) is 0 Å². The molecule has 1 aromatic heterocycles. The van der Waals surface area contributed by atoms with Crippen LogP contribution in [-0.4, -0.2) is 18.4 Å². The van der Waals surface area contributed by atoms with E-state index < -0.39 is 15.8 Å². The Hall–Kier alpha value is -1.93. The quantitative estimate of drug-likeness (QED) is 0.765. The maximum Gasteiger partial charge on any atom is 0.278 e. The molecule has 1 aromatic carbocycles. The van der Waals surface area contributed by atoms with Gasteiger partial charge < -0.3 is 10.7 Å². The summed E-state index contributed by atoms with van der Waals surface area (Å²) in [4.78, 5) is 6.11. The number of anilines is 1. The molecule has 0 saturated carbocycles. The molecular weight excluding hydrogens is 259 g/mol. The molecule has 2 aromatic rings. The summed E-state index contributed by atoms with van der Waals surface area (Å²) >= 11 is 0. The number of benzene rings is 1. The molecule has 2 rings (SSSR count). The van der Waals surface area contributed by atoms with E-state index in [-0.39, 0.29) is 17.3 Å². The van der Waals surface area contributed by atoms with E-state index >= 15 is 0 Å². The molecule has 0 aliphatic rings. The molecule has 0 saturated heterocycles. The number of nitrogens with zero attached hydrogens (tertiary/aromatic N) is 1. The lowest BCUT2D eigenvalue weighted by Crippen LogP contribution is -2.15. The maximum absolute atomic E-state index is 13.0. The van der Waals surface area contributed by atoms with Crippen LogP contribution in [0.3, 0.4) is 0 Å². The first-order valence-electron chi connectivity index (χ1n) is 5.02. The summed E-state index contributed by atoms with van der Waals surface area (Å²) in [7, 11) is -3.76. The molecule has 4 N–H and O–H groups in total. The molecule has 8 heteroatoms. The highest BCUT2D eigenvalue weighted by atomic mass is 32.2. The molecule has 0 atom stereocenters. The molecule has 1 heterocycles. The van der Waals surface area contributed by atoms with Gasteiger partial charge in [0.25, 0.3) is 10.0 Å². The zero-order valence-corrected chi connectivity index (χ0v) is 10.0. The molecule has 0 bridgehead atoms. The predicted octanol–water partition coefficient (Wildman–Crippen LogP) is 0.808. The first-order chi connectivity index (χ1) is 8.53. The van der Waals surface area contributed by atoms with Crippen molar-refractivity contribution < 1.29 is 12.8 Å². The van der Waals surface area contributed by atoms with E-state index in [0.717, 1.165) is 6.07 Å². The summed E-state index contributed by atoms with van der Waals surface area (Å²) in [5.41, 5.74) is 6.05. The van der Waals surface area contributed by atoms with E-state index in [1.807, 2.05) is 0 Å². The van der Waals surface area contributed by atoms with E-state index in [9.17, 15) is 12.8 Å². The lowest BCUT2D eigenvalue weighted by Gasteiger charge is -2.10. The van der Waals surface area contributed by atoms with Crippen molar-refractivity contribution in [1.82, 2.24) is 9.97 Å². The zero-order chi connectivity index (χ0) is 13.2. The van der Waals surface area contributed by atoms with Crippen molar-refractivity contribution in [3.8, 4) is 0 Å². The molecule has 0 radical (unpaired) electrons. The SMILES string of the molecule is NCc1cc(F)ccc1NS(=O)(=O)c1cnc[nH]1. The van der Waals surface area contributed by atoms with Gasteiger partial charge in [-0.05, 0) is 23.8 Å². The van der Waals surface area contributed by atoms with E-state index in [4.69, 9.17) is 5.73 Å². The van der Waals surface area contributed by atoms with Crippen molar-refractivity contribution in [3.63, 3.8) is 0 Å². The Morgan fingerprint density at radius 2 is 2.22 bits per heavy atom. The minimum Gasteiger partial charge on any atom is -0.334 e. The molecule has 0 unspecified atom stereocenters. The Morgan fingerprint density at radius 3 is 2.83 bits per heavy atom. The Kier molecular flexibility index (Phi) is 3.30. The van der Waals surface area contributed by atoms with E-state index in [1.165, 1.54) is 24.7 Å². The number of nitrogens with two attached hydrogens (primary N) is 1. The Balaban J connectivity index is 2.35. The molecule has 18 heavy (non-hydrogen) atoms. The zero-order valence-electron chi connectivity index (χ0n) is 9.22. The highest BCUT2D eigenvalue weighted by Gasteiger charge is 2.17. The largest absolute Gasteiger partial charge is 0.334 e. The molecule has 0 spiro atoms. The van der Waals surface area contributed by atoms with Crippen LogP contribution in [0.1, 0.15) is 5.56 Å². The van der Waals surface area contributed by atoms with Crippen LogP contribution in [0, 0.1) is 5.82 Å². The monoisotopic (exact) mass is 270 g/mol. The second-order valence-corrected chi connectivity index (χ2v) is 5.18. The van der Waals surface area contributed by atoms with Crippen LogP contribution >= 0.6 is 0 Å². The number of aromatic nitrogens is 2. The Bertz CT molecular complexity index is 640. The van der Waals surface area contributed by atoms with Gasteiger partial charge in [-0.15, -0.1) is 0 Å². The molecule has 6 nitrogen and oxygen atoms in total. The van der Waals surface area contributed by atoms with Gasteiger partial charge in [-0.3, -0.25) is 4.72 Å².